The van der Waals surface area contributed by atoms with Gasteiger partial charge in [0.1, 0.15) is 0 Å². The van der Waals surface area contributed by atoms with Crippen LogP contribution in [0.15, 0.2) is 0 Å². The summed E-state index contributed by atoms with van der Waals surface area (Å²) in [7, 11) is 0. The predicted molar refractivity (Wildman–Crippen MR) is 68.7 cm³/mol. The summed E-state index contributed by atoms with van der Waals surface area (Å²) < 4.78 is 5.44. The van der Waals surface area contributed by atoms with Crippen LogP contribution in [0, 0.1) is 5.41 Å². The van der Waals surface area contributed by atoms with Crippen LogP contribution >= 0.6 is 0 Å². The van der Waals surface area contributed by atoms with Crippen molar-refractivity contribution in [2.45, 2.75) is 52.1 Å². The normalized spacial score (nSPS) is 20.5. The van der Waals surface area contributed by atoms with Crippen LogP contribution in [0.25, 0.3) is 0 Å². The van der Waals surface area contributed by atoms with E-state index >= 15 is 0 Å². The van der Waals surface area contributed by atoms with Crippen molar-refractivity contribution in [3.8, 4) is 0 Å². The molecule has 0 radical (unpaired) electrons. The van der Waals surface area contributed by atoms with Gasteiger partial charge in [-0.05, 0) is 37.6 Å². The average Bonchev–Trinajstić information content (AvgIpc) is 2.77. The van der Waals surface area contributed by atoms with Crippen LogP contribution in [0.1, 0.15) is 46.0 Å². The molecule has 1 aliphatic rings. The number of nitrogens with two attached hydrogens (primary N) is 1. The van der Waals surface area contributed by atoms with Gasteiger partial charge in [0.2, 0.25) is 5.91 Å². The maximum Gasteiger partial charge on any atom is 0.222 e. The molecule has 1 atom stereocenters. The standard InChI is InChI=1S/C13H26N2O2/c1-13(2,6-4-7-14)10-15-12(16)9-11-5-3-8-17-11/h11H,3-10,14H2,1-2H3,(H,15,16). The van der Waals surface area contributed by atoms with E-state index in [-0.39, 0.29) is 17.4 Å². The average molecular weight is 242 g/mol. The van der Waals surface area contributed by atoms with E-state index < -0.39 is 0 Å². The monoisotopic (exact) mass is 242 g/mol. The highest BCUT2D eigenvalue weighted by molar-refractivity contribution is 5.76. The Kier molecular flexibility index (Phi) is 5.92. The summed E-state index contributed by atoms with van der Waals surface area (Å²) in [6.45, 7) is 6.57. The van der Waals surface area contributed by atoms with E-state index in [0.29, 0.717) is 13.0 Å². The van der Waals surface area contributed by atoms with Crippen LogP contribution in [0.4, 0.5) is 0 Å². The molecule has 0 aromatic rings. The third-order valence-corrected chi connectivity index (χ3v) is 3.26. The van der Waals surface area contributed by atoms with Gasteiger partial charge in [-0.2, -0.15) is 0 Å². The Morgan fingerprint density at radius 3 is 2.88 bits per heavy atom. The zero-order valence-corrected chi connectivity index (χ0v) is 11.1. The van der Waals surface area contributed by atoms with E-state index in [1.54, 1.807) is 0 Å². The highest BCUT2D eigenvalue weighted by Crippen LogP contribution is 2.21. The number of amides is 1. The van der Waals surface area contributed by atoms with Crippen molar-refractivity contribution in [1.29, 1.82) is 0 Å². The fraction of sp³-hybridized carbons (Fsp3) is 0.923. The molecule has 0 aromatic heterocycles. The van der Waals surface area contributed by atoms with Gasteiger partial charge in [0.05, 0.1) is 12.5 Å². The van der Waals surface area contributed by atoms with Gasteiger partial charge in [-0.25, -0.2) is 0 Å². The lowest BCUT2D eigenvalue weighted by atomic mass is 9.87. The van der Waals surface area contributed by atoms with Crippen LogP contribution < -0.4 is 11.1 Å². The van der Waals surface area contributed by atoms with Gasteiger partial charge in [0.25, 0.3) is 0 Å². The first-order valence-electron chi connectivity index (χ1n) is 6.62. The molecule has 1 rings (SSSR count). The van der Waals surface area contributed by atoms with Crippen molar-refractivity contribution in [2.75, 3.05) is 19.7 Å². The van der Waals surface area contributed by atoms with Gasteiger partial charge in [-0.3, -0.25) is 4.79 Å². The third-order valence-electron chi connectivity index (χ3n) is 3.26. The van der Waals surface area contributed by atoms with Crippen LogP contribution in [0.3, 0.4) is 0 Å². The molecule has 4 nitrogen and oxygen atoms in total. The highest BCUT2D eigenvalue weighted by atomic mass is 16.5. The Hall–Kier alpha value is -0.610. The summed E-state index contributed by atoms with van der Waals surface area (Å²) >= 11 is 0. The Labute approximate surface area is 104 Å². The van der Waals surface area contributed by atoms with E-state index in [0.717, 1.165) is 38.8 Å². The van der Waals surface area contributed by atoms with E-state index in [1.807, 2.05) is 0 Å². The second-order valence-corrected chi connectivity index (χ2v) is 5.67. The topological polar surface area (TPSA) is 64.3 Å². The summed E-state index contributed by atoms with van der Waals surface area (Å²) in [5, 5.41) is 3.00. The smallest absolute Gasteiger partial charge is 0.222 e. The molecule has 1 amide bonds. The Balaban J connectivity index is 2.17. The Morgan fingerprint density at radius 2 is 2.29 bits per heavy atom. The number of carbonyl (C=O) groups excluding carboxylic acids is 1. The molecule has 0 saturated carbocycles. The molecule has 17 heavy (non-hydrogen) atoms. The van der Waals surface area contributed by atoms with Crippen LogP contribution in [0.2, 0.25) is 0 Å². The summed E-state index contributed by atoms with van der Waals surface area (Å²) in [5.41, 5.74) is 5.63. The molecule has 1 fully saturated rings. The van der Waals surface area contributed by atoms with Crippen molar-refractivity contribution in [1.82, 2.24) is 5.32 Å². The van der Waals surface area contributed by atoms with Crippen molar-refractivity contribution < 1.29 is 9.53 Å². The minimum atomic E-state index is 0.109. The first kappa shape index (κ1) is 14.5. The third kappa shape index (κ3) is 6.03. The fourth-order valence-electron chi connectivity index (χ4n) is 2.09. The molecule has 1 heterocycles. The molecule has 0 aliphatic carbocycles. The van der Waals surface area contributed by atoms with Gasteiger partial charge in [-0.1, -0.05) is 13.8 Å². The lowest BCUT2D eigenvalue weighted by Crippen LogP contribution is -2.35. The summed E-state index contributed by atoms with van der Waals surface area (Å²) in [4.78, 5) is 11.7. The van der Waals surface area contributed by atoms with Crippen LogP contribution in [0.5, 0.6) is 0 Å². The van der Waals surface area contributed by atoms with E-state index in [9.17, 15) is 4.79 Å². The zero-order chi connectivity index (χ0) is 12.7. The number of carbonyl (C=O) groups is 1. The molecule has 1 saturated heterocycles. The molecule has 1 aliphatic heterocycles. The number of rotatable bonds is 7. The summed E-state index contributed by atoms with van der Waals surface area (Å²) in [6, 6.07) is 0. The second kappa shape index (κ2) is 6.97. The quantitative estimate of drug-likeness (QED) is 0.710. The molecular weight excluding hydrogens is 216 g/mol. The Bertz CT molecular complexity index is 236. The molecule has 100 valence electrons. The predicted octanol–water partition coefficient (Wildman–Crippen LogP) is 1.44. The van der Waals surface area contributed by atoms with Crippen LogP contribution in [-0.4, -0.2) is 31.7 Å². The summed E-state index contributed by atoms with van der Waals surface area (Å²) in [6.07, 6.45) is 4.80. The molecule has 4 heteroatoms. The fourth-order valence-corrected chi connectivity index (χ4v) is 2.09. The molecule has 0 aromatic carbocycles. The van der Waals surface area contributed by atoms with Crippen molar-refractivity contribution in [3.05, 3.63) is 0 Å². The molecule has 0 spiro atoms. The lowest BCUT2D eigenvalue weighted by molar-refractivity contribution is -0.123. The first-order chi connectivity index (χ1) is 8.03. The highest BCUT2D eigenvalue weighted by Gasteiger charge is 2.21. The molecule has 1 unspecified atom stereocenters. The maximum atomic E-state index is 11.7. The van der Waals surface area contributed by atoms with Crippen molar-refractivity contribution in [3.63, 3.8) is 0 Å². The van der Waals surface area contributed by atoms with E-state index in [2.05, 4.69) is 19.2 Å². The van der Waals surface area contributed by atoms with Gasteiger partial charge in [0, 0.05) is 13.2 Å². The van der Waals surface area contributed by atoms with Crippen molar-refractivity contribution in [2.24, 2.45) is 11.1 Å². The van der Waals surface area contributed by atoms with Gasteiger partial charge < -0.3 is 15.8 Å². The number of nitrogens with one attached hydrogen (secondary N) is 1. The second-order valence-electron chi connectivity index (χ2n) is 5.67. The minimum Gasteiger partial charge on any atom is -0.378 e. The zero-order valence-electron chi connectivity index (χ0n) is 11.1. The maximum absolute atomic E-state index is 11.7. The SMILES string of the molecule is CC(C)(CCCN)CNC(=O)CC1CCCO1. The number of hydrogen-bond donors (Lipinski definition) is 2. The minimum absolute atomic E-state index is 0.109. The summed E-state index contributed by atoms with van der Waals surface area (Å²) in [5.74, 6) is 0.109. The molecule has 0 bridgehead atoms. The van der Waals surface area contributed by atoms with Gasteiger partial charge in [-0.15, -0.1) is 0 Å². The van der Waals surface area contributed by atoms with Gasteiger partial charge >= 0.3 is 0 Å². The molecule has 3 N–H and O–H groups in total. The largest absolute Gasteiger partial charge is 0.378 e. The molecular formula is C13H26N2O2. The number of hydrogen-bond acceptors (Lipinski definition) is 3. The van der Waals surface area contributed by atoms with Crippen LogP contribution in [-0.2, 0) is 9.53 Å². The van der Waals surface area contributed by atoms with Gasteiger partial charge in [0.15, 0.2) is 0 Å². The van der Waals surface area contributed by atoms with E-state index in [1.165, 1.54) is 0 Å². The van der Waals surface area contributed by atoms with E-state index in [4.69, 9.17) is 10.5 Å². The number of ether oxygens (including phenoxy) is 1. The van der Waals surface area contributed by atoms with Crippen molar-refractivity contribution >= 4 is 5.91 Å². The Morgan fingerprint density at radius 1 is 1.53 bits per heavy atom. The lowest BCUT2D eigenvalue weighted by Gasteiger charge is -2.25. The first-order valence-corrected chi connectivity index (χ1v) is 6.62.